The van der Waals surface area contributed by atoms with E-state index in [1.165, 1.54) is 0 Å². The van der Waals surface area contributed by atoms with Crippen LogP contribution in [0.2, 0.25) is 0 Å². The van der Waals surface area contributed by atoms with Gasteiger partial charge < -0.3 is 20.1 Å². The zero-order valence-corrected chi connectivity index (χ0v) is 7.83. The summed E-state index contributed by atoms with van der Waals surface area (Å²) in [7, 11) is 0. The second-order valence-corrected chi connectivity index (χ2v) is 3.47. The molecule has 0 spiro atoms. The first-order chi connectivity index (χ1) is 6.69. The molecule has 1 aliphatic rings. The molecule has 14 heavy (non-hydrogen) atoms. The molecule has 0 aliphatic carbocycles. The van der Waals surface area contributed by atoms with Gasteiger partial charge in [-0.05, 0) is 6.42 Å². The molecule has 0 aromatic carbocycles. The third kappa shape index (κ3) is 2.66. The molecule has 1 aliphatic heterocycles. The predicted molar refractivity (Wildman–Crippen MR) is 47.2 cm³/mol. The molecular formula is C9H15NO4. The molecule has 0 saturated carbocycles. The van der Waals surface area contributed by atoms with Gasteiger partial charge in [-0.25, -0.2) is 0 Å². The molecule has 0 aromatic rings. The smallest absolute Gasteiger partial charge is 0.109 e. The van der Waals surface area contributed by atoms with E-state index in [9.17, 15) is 10.2 Å². The van der Waals surface area contributed by atoms with Crippen molar-refractivity contribution in [1.29, 1.82) is 5.26 Å². The van der Waals surface area contributed by atoms with Crippen LogP contribution in [-0.2, 0) is 4.74 Å². The monoisotopic (exact) mass is 201 g/mol. The molecule has 1 heterocycles. The van der Waals surface area contributed by atoms with E-state index in [2.05, 4.69) is 0 Å². The van der Waals surface area contributed by atoms with Crippen LogP contribution >= 0.6 is 0 Å². The average molecular weight is 201 g/mol. The summed E-state index contributed by atoms with van der Waals surface area (Å²) >= 11 is 0. The van der Waals surface area contributed by atoms with Crippen LogP contribution in [0.5, 0.6) is 0 Å². The quantitative estimate of drug-likeness (QED) is 0.553. The lowest BCUT2D eigenvalue weighted by Crippen LogP contribution is -2.49. The Balaban J connectivity index is 2.46. The molecule has 1 fully saturated rings. The van der Waals surface area contributed by atoms with Gasteiger partial charge in [0.15, 0.2) is 0 Å². The van der Waals surface area contributed by atoms with Crippen LogP contribution in [0.4, 0.5) is 0 Å². The number of hydrogen-bond donors (Lipinski definition) is 3. The maximum atomic E-state index is 9.42. The highest BCUT2D eigenvalue weighted by Crippen LogP contribution is 2.22. The van der Waals surface area contributed by atoms with Crippen LogP contribution in [0, 0.1) is 11.3 Å². The summed E-state index contributed by atoms with van der Waals surface area (Å²) in [6.07, 6.45) is -1.68. The van der Waals surface area contributed by atoms with Gasteiger partial charge in [-0.1, -0.05) is 0 Å². The Morgan fingerprint density at radius 1 is 1.43 bits per heavy atom. The minimum atomic E-state index is -1.03. The van der Waals surface area contributed by atoms with E-state index in [1.54, 1.807) is 0 Å². The fourth-order valence-electron chi connectivity index (χ4n) is 1.60. The van der Waals surface area contributed by atoms with E-state index in [0.717, 1.165) is 0 Å². The van der Waals surface area contributed by atoms with Gasteiger partial charge >= 0.3 is 0 Å². The highest BCUT2D eigenvalue weighted by Gasteiger charge is 2.35. The summed E-state index contributed by atoms with van der Waals surface area (Å²) in [5.41, 5.74) is 0. The zero-order valence-electron chi connectivity index (χ0n) is 7.83. The topological polar surface area (TPSA) is 93.7 Å². The van der Waals surface area contributed by atoms with E-state index >= 15 is 0 Å². The van der Waals surface area contributed by atoms with Crippen molar-refractivity contribution in [3.8, 4) is 6.07 Å². The van der Waals surface area contributed by atoms with Crippen molar-refractivity contribution in [1.82, 2.24) is 0 Å². The van der Waals surface area contributed by atoms with Crippen molar-refractivity contribution in [3.63, 3.8) is 0 Å². The van der Waals surface area contributed by atoms with Gasteiger partial charge in [0.25, 0.3) is 0 Å². The van der Waals surface area contributed by atoms with E-state index in [-0.39, 0.29) is 12.7 Å². The second-order valence-electron chi connectivity index (χ2n) is 3.47. The van der Waals surface area contributed by atoms with Crippen LogP contribution in [0.3, 0.4) is 0 Å². The van der Waals surface area contributed by atoms with Crippen LogP contribution in [0.25, 0.3) is 0 Å². The standard InChI is InChI=1S/C9H15NO4/c10-3-1-2-6-4-7(12)9(13)8(5-11)14-6/h6-9,11-13H,1-2,4-5H2/t6-,7-,8-,9+/m1/s1. The molecule has 0 aromatic heterocycles. The molecule has 5 heteroatoms. The van der Waals surface area contributed by atoms with Crippen molar-refractivity contribution < 1.29 is 20.1 Å². The fourth-order valence-corrected chi connectivity index (χ4v) is 1.60. The molecule has 1 rings (SSSR count). The molecule has 0 amide bonds. The Bertz CT molecular complexity index is 215. The van der Waals surface area contributed by atoms with E-state index in [1.807, 2.05) is 6.07 Å². The number of nitriles is 1. The third-order valence-electron chi connectivity index (χ3n) is 2.40. The van der Waals surface area contributed by atoms with Crippen molar-refractivity contribution in [2.24, 2.45) is 0 Å². The lowest BCUT2D eigenvalue weighted by molar-refractivity contribution is -0.180. The summed E-state index contributed by atoms with van der Waals surface area (Å²) in [6.45, 7) is -0.318. The number of nitrogens with zero attached hydrogens (tertiary/aromatic N) is 1. The summed E-state index contributed by atoms with van der Waals surface area (Å²) in [4.78, 5) is 0. The lowest BCUT2D eigenvalue weighted by atomic mass is 9.96. The Labute approximate surface area is 82.5 Å². The SMILES string of the molecule is N#CCC[C@@H]1C[C@@H](O)[C@H](O)[C@@H](CO)O1. The van der Waals surface area contributed by atoms with Crippen LogP contribution in [0.15, 0.2) is 0 Å². The summed E-state index contributed by atoms with van der Waals surface area (Å²) in [6, 6.07) is 1.99. The third-order valence-corrected chi connectivity index (χ3v) is 2.40. The Morgan fingerprint density at radius 3 is 2.71 bits per heavy atom. The molecule has 80 valence electrons. The van der Waals surface area contributed by atoms with Crippen molar-refractivity contribution in [2.45, 2.75) is 43.7 Å². The van der Waals surface area contributed by atoms with Gasteiger partial charge in [-0.15, -0.1) is 0 Å². The highest BCUT2D eigenvalue weighted by atomic mass is 16.5. The van der Waals surface area contributed by atoms with E-state index in [4.69, 9.17) is 15.1 Å². The summed E-state index contributed by atoms with van der Waals surface area (Å²) in [5.74, 6) is 0. The Kier molecular flexibility index (Phi) is 4.29. The van der Waals surface area contributed by atoms with Crippen LogP contribution in [0.1, 0.15) is 19.3 Å². The summed E-state index contributed by atoms with van der Waals surface area (Å²) < 4.78 is 5.31. The first-order valence-corrected chi connectivity index (χ1v) is 4.68. The predicted octanol–water partition coefficient (Wildman–Crippen LogP) is -0.838. The van der Waals surface area contributed by atoms with Gasteiger partial charge in [0.05, 0.1) is 24.9 Å². The molecule has 1 saturated heterocycles. The van der Waals surface area contributed by atoms with Crippen LogP contribution in [-0.4, -0.2) is 46.3 Å². The fraction of sp³-hybridized carbons (Fsp3) is 0.889. The number of aliphatic hydroxyl groups excluding tert-OH is 3. The maximum absolute atomic E-state index is 9.42. The Morgan fingerprint density at radius 2 is 2.14 bits per heavy atom. The average Bonchev–Trinajstić information content (AvgIpc) is 2.19. The molecule has 0 unspecified atom stereocenters. The van der Waals surface area contributed by atoms with E-state index in [0.29, 0.717) is 19.3 Å². The minimum Gasteiger partial charge on any atom is -0.394 e. The van der Waals surface area contributed by atoms with Gasteiger partial charge in [0.1, 0.15) is 12.2 Å². The first-order valence-electron chi connectivity index (χ1n) is 4.68. The lowest BCUT2D eigenvalue weighted by Gasteiger charge is -2.36. The minimum absolute atomic E-state index is 0.245. The number of aliphatic hydroxyl groups is 3. The number of rotatable bonds is 3. The van der Waals surface area contributed by atoms with Gasteiger partial charge in [-0.3, -0.25) is 0 Å². The first kappa shape index (κ1) is 11.4. The molecule has 3 N–H and O–H groups in total. The molecule has 0 bridgehead atoms. The van der Waals surface area contributed by atoms with E-state index < -0.39 is 18.3 Å². The number of hydrogen-bond acceptors (Lipinski definition) is 5. The van der Waals surface area contributed by atoms with Crippen molar-refractivity contribution >= 4 is 0 Å². The molecular weight excluding hydrogens is 186 g/mol. The molecule has 5 nitrogen and oxygen atoms in total. The highest BCUT2D eigenvalue weighted by molar-refractivity contribution is 4.86. The maximum Gasteiger partial charge on any atom is 0.109 e. The van der Waals surface area contributed by atoms with Gasteiger partial charge in [-0.2, -0.15) is 5.26 Å². The zero-order chi connectivity index (χ0) is 10.6. The summed E-state index contributed by atoms with van der Waals surface area (Å²) in [5, 5.41) is 36.0. The molecule has 0 radical (unpaired) electrons. The molecule has 4 atom stereocenters. The van der Waals surface area contributed by atoms with Gasteiger partial charge in [0, 0.05) is 12.8 Å². The Hall–Kier alpha value is -0.670. The normalized spacial score (nSPS) is 37.9. The van der Waals surface area contributed by atoms with Crippen molar-refractivity contribution in [3.05, 3.63) is 0 Å². The van der Waals surface area contributed by atoms with Gasteiger partial charge in [0.2, 0.25) is 0 Å². The second kappa shape index (κ2) is 5.27. The number of ether oxygens (including phenoxy) is 1. The van der Waals surface area contributed by atoms with Crippen molar-refractivity contribution in [2.75, 3.05) is 6.61 Å². The largest absolute Gasteiger partial charge is 0.394 e. The van der Waals surface area contributed by atoms with Crippen LogP contribution < -0.4 is 0 Å².